The Morgan fingerprint density at radius 3 is 2.23 bits per heavy atom. The monoisotopic (exact) mass is 200 g/mol. The SMILES string of the molecule is CC(OCCCC(F)(F)F)[C@H](C)O. The van der Waals surface area contributed by atoms with Crippen molar-refractivity contribution in [2.45, 2.75) is 45.1 Å². The van der Waals surface area contributed by atoms with Crippen molar-refractivity contribution in [1.29, 1.82) is 0 Å². The minimum absolute atomic E-state index is 0.0333. The van der Waals surface area contributed by atoms with Crippen LogP contribution in [0.25, 0.3) is 0 Å². The van der Waals surface area contributed by atoms with E-state index in [0.717, 1.165) is 0 Å². The molecule has 0 aliphatic heterocycles. The lowest BCUT2D eigenvalue weighted by atomic mass is 10.2. The lowest BCUT2D eigenvalue weighted by molar-refractivity contribution is -0.139. The fraction of sp³-hybridized carbons (Fsp3) is 1.00. The van der Waals surface area contributed by atoms with Gasteiger partial charge >= 0.3 is 6.18 Å². The molecule has 1 N–H and O–H groups in total. The molecule has 2 atom stereocenters. The summed E-state index contributed by atoms with van der Waals surface area (Å²) in [5.41, 5.74) is 0. The van der Waals surface area contributed by atoms with Gasteiger partial charge in [-0.25, -0.2) is 0 Å². The van der Waals surface area contributed by atoms with E-state index in [0.29, 0.717) is 0 Å². The highest BCUT2D eigenvalue weighted by molar-refractivity contribution is 4.57. The van der Waals surface area contributed by atoms with Gasteiger partial charge in [-0.05, 0) is 20.3 Å². The van der Waals surface area contributed by atoms with Gasteiger partial charge in [0.05, 0.1) is 12.2 Å². The van der Waals surface area contributed by atoms with Gasteiger partial charge in [-0.15, -0.1) is 0 Å². The van der Waals surface area contributed by atoms with E-state index in [-0.39, 0.29) is 13.0 Å². The lowest BCUT2D eigenvalue weighted by Crippen LogP contribution is -2.23. The van der Waals surface area contributed by atoms with Gasteiger partial charge in [0, 0.05) is 13.0 Å². The summed E-state index contributed by atoms with van der Waals surface area (Å²) in [6.07, 6.45) is -6.06. The Hall–Kier alpha value is -0.290. The van der Waals surface area contributed by atoms with Crippen LogP contribution in [0, 0.1) is 0 Å². The van der Waals surface area contributed by atoms with Crippen LogP contribution in [0.5, 0.6) is 0 Å². The largest absolute Gasteiger partial charge is 0.391 e. The van der Waals surface area contributed by atoms with Crippen LogP contribution in [-0.2, 0) is 4.74 Å². The molecule has 0 heterocycles. The number of aliphatic hydroxyl groups is 1. The van der Waals surface area contributed by atoms with Crippen molar-refractivity contribution in [2.24, 2.45) is 0 Å². The Morgan fingerprint density at radius 1 is 1.31 bits per heavy atom. The zero-order valence-electron chi connectivity index (χ0n) is 7.77. The molecular formula is C8H15F3O2. The number of aliphatic hydroxyl groups excluding tert-OH is 1. The van der Waals surface area contributed by atoms with Crippen molar-refractivity contribution < 1.29 is 23.0 Å². The molecule has 0 saturated heterocycles. The number of hydrogen-bond acceptors (Lipinski definition) is 2. The van der Waals surface area contributed by atoms with Gasteiger partial charge in [-0.1, -0.05) is 0 Å². The summed E-state index contributed by atoms with van der Waals surface area (Å²) in [4.78, 5) is 0. The Morgan fingerprint density at radius 2 is 1.85 bits per heavy atom. The zero-order valence-corrected chi connectivity index (χ0v) is 7.77. The summed E-state index contributed by atoms with van der Waals surface area (Å²) in [6.45, 7) is 3.19. The third-order valence-electron chi connectivity index (χ3n) is 1.66. The van der Waals surface area contributed by atoms with E-state index in [4.69, 9.17) is 9.84 Å². The number of alkyl halides is 3. The van der Waals surface area contributed by atoms with Crippen LogP contribution >= 0.6 is 0 Å². The second-order valence-corrected chi connectivity index (χ2v) is 3.04. The molecule has 13 heavy (non-hydrogen) atoms. The topological polar surface area (TPSA) is 29.5 Å². The van der Waals surface area contributed by atoms with Crippen LogP contribution in [0.2, 0.25) is 0 Å². The van der Waals surface area contributed by atoms with Gasteiger partial charge in [-0.2, -0.15) is 13.2 Å². The minimum atomic E-state index is -4.11. The molecule has 0 aromatic carbocycles. The molecule has 5 heteroatoms. The maximum Gasteiger partial charge on any atom is 0.389 e. The van der Waals surface area contributed by atoms with Crippen molar-refractivity contribution >= 4 is 0 Å². The minimum Gasteiger partial charge on any atom is -0.391 e. The zero-order chi connectivity index (χ0) is 10.5. The van der Waals surface area contributed by atoms with Crippen LogP contribution in [0.1, 0.15) is 26.7 Å². The number of rotatable bonds is 5. The third-order valence-corrected chi connectivity index (χ3v) is 1.66. The smallest absolute Gasteiger partial charge is 0.389 e. The quantitative estimate of drug-likeness (QED) is 0.689. The van der Waals surface area contributed by atoms with E-state index >= 15 is 0 Å². The molecule has 0 spiro atoms. The average molecular weight is 200 g/mol. The molecule has 0 saturated carbocycles. The normalized spacial score (nSPS) is 17.1. The van der Waals surface area contributed by atoms with E-state index in [1.54, 1.807) is 6.92 Å². The van der Waals surface area contributed by atoms with Crippen molar-refractivity contribution in [3.8, 4) is 0 Å². The first kappa shape index (κ1) is 12.7. The fourth-order valence-corrected chi connectivity index (χ4v) is 0.681. The number of halogens is 3. The number of ether oxygens (including phenoxy) is 1. The maximum absolute atomic E-state index is 11.6. The predicted octanol–water partition coefficient (Wildman–Crippen LogP) is 2.11. The lowest BCUT2D eigenvalue weighted by Gasteiger charge is -2.15. The van der Waals surface area contributed by atoms with Crippen molar-refractivity contribution in [1.82, 2.24) is 0 Å². The molecule has 0 aliphatic carbocycles. The highest BCUT2D eigenvalue weighted by atomic mass is 19.4. The molecular weight excluding hydrogens is 185 g/mol. The molecule has 0 rings (SSSR count). The summed E-state index contributed by atoms with van der Waals surface area (Å²) in [5.74, 6) is 0. The van der Waals surface area contributed by atoms with Gasteiger partial charge in [0.25, 0.3) is 0 Å². The first-order chi connectivity index (χ1) is 5.83. The molecule has 2 nitrogen and oxygen atoms in total. The van der Waals surface area contributed by atoms with Crippen molar-refractivity contribution in [2.75, 3.05) is 6.61 Å². The molecule has 0 aromatic rings. The van der Waals surface area contributed by atoms with E-state index in [9.17, 15) is 13.2 Å². The molecule has 0 aromatic heterocycles. The van der Waals surface area contributed by atoms with Crippen molar-refractivity contribution in [3.05, 3.63) is 0 Å². The summed E-state index contributed by atoms with van der Waals surface area (Å²) in [7, 11) is 0. The van der Waals surface area contributed by atoms with Gasteiger partial charge in [0.1, 0.15) is 0 Å². The highest BCUT2D eigenvalue weighted by Gasteiger charge is 2.26. The predicted molar refractivity (Wildman–Crippen MR) is 42.4 cm³/mol. The van der Waals surface area contributed by atoms with Crippen LogP contribution in [0.4, 0.5) is 13.2 Å². The molecule has 1 unspecified atom stereocenters. The average Bonchev–Trinajstić information content (AvgIpc) is 1.95. The van der Waals surface area contributed by atoms with E-state index in [1.165, 1.54) is 6.92 Å². The Balaban J connectivity index is 3.36. The van der Waals surface area contributed by atoms with Crippen LogP contribution < -0.4 is 0 Å². The van der Waals surface area contributed by atoms with E-state index in [1.807, 2.05) is 0 Å². The summed E-state index contributed by atoms with van der Waals surface area (Å²) < 4.78 is 39.8. The second-order valence-electron chi connectivity index (χ2n) is 3.04. The second kappa shape index (κ2) is 5.44. The standard InChI is InChI=1S/C8H15F3O2/c1-6(12)7(2)13-5-3-4-8(9,10)11/h6-7,12H,3-5H2,1-2H3/t6-,7?/m0/s1. The molecule has 0 aliphatic rings. The van der Waals surface area contributed by atoms with Gasteiger partial charge in [-0.3, -0.25) is 0 Å². The fourth-order valence-electron chi connectivity index (χ4n) is 0.681. The molecule has 80 valence electrons. The summed E-state index contributed by atoms with van der Waals surface area (Å²) in [5, 5.41) is 8.93. The molecule has 0 bridgehead atoms. The molecule has 0 amide bonds. The Bertz CT molecular complexity index is 134. The summed E-state index contributed by atoms with van der Waals surface area (Å²) >= 11 is 0. The van der Waals surface area contributed by atoms with E-state index < -0.39 is 24.8 Å². The number of hydrogen-bond donors (Lipinski definition) is 1. The Kier molecular flexibility index (Phi) is 5.32. The first-order valence-corrected chi connectivity index (χ1v) is 4.19. The van der Waals surface area contributed by atoms with Gasteiger partial charge in [0.2, 0.25) is 0 Å². The third kappa shape index (κ3) is 8.05. The van der Waals surface area contributed by atoms with Crippen molar-refractivity contribution in [3.63, 3.8) is 0 Å². The van der Waals surface area contributed by atoms with Gasteiger partial charge < -0.3 is 9.84 Å². The van der Waals surface area contributed by atoms with Gasteiger partial charge in [0.15, 0.2) is 0 Å². The first-order valence-electron chi connectivity index (χ1n) is 4.19. The molecule has 0 radical (unpaired) electrons. The Labute approximate surface area is 75.7 Å². The van der Waals surface area contributed by atoms with Crippen LogP contribution in [-0.4, -0.2) is 30.1 Å². The van der Waals surface area contributed by atoms with Crippen LogP contribution in [0.3, 0.4) is 0 Å². The van der Waals surface area contributed by atoms with Crippen LogP contribution in [0.15, 0.2) is 0 Å². The highest BCUT2D eigenvalue weighted by Crippen LogP contribution is 2.21. The molecule has 0 fully saturated rings. The maximum atomic E-state index is 11.6. The summed E-state index contributed by atoms with van der Waals surface area (Å²) in [6, 6.07) is 0. The van der Waals surface area contributed by atoms with E-state index in [2.05, 4.69) is 0 Å².